The van der Waals surface area contributed by atoms with Gasteiger partial charge in [-0.2, -0.15) is 0 Å². The van der Waals surface area contributed by atoms with Crippen molar-refractivity contribution in [1.82, 2.24) is 14.9 Å². The SMILES string of the molecule is Cc1cc(-c2c(Cl)cc3c(N4CC5CCC(C4)N5C(=O)OC(C)(C)C)nc(CCCCO)nc3c2F)c2ccccc2c1. The van der Waals surface area contributed by atoms with Gasteiger partial charge in [0.1, 0.15) is 22.8 Å². The number of anilines is 1. The largest absolute Gasteiger partial charge is 0.444 e. The number of piperazine rings is 1. The third-order valence-corrected chi connectivity index (χ3v) is 8.68. The number of aromatic nitrogens is 2. The predicted octanol–water partition coefficient (Wildman–Crippen LogP) is 7.45. The number of ether oxygens (including phenoxy) is 1. The van der Waals surface area contributed by atoms with Crippen molar-refractivity contribution in [3.63, 3.8) is 0 Å². The summed E-state index contributed by atoms with van der Waals surface area (Å²) in [6, 6.07) is 13.7. The third-order valence-electron chi connectivity index (χ3n) is 8.38. The molecule has 2 saturated heterocycles. The summed E-state index contributed by atoms with van der Waals surface area (Å²) < 4.78 is 22.5. The van der Waals surface area contributed by atoms with Gasteiger partial charge in [-0.05, 0) is 81.3 Å². The van der Waals surface area contributed by atoms with Crippen LogP contribution >= 0.6 is 11.6 Å². The molecule has 2 unspecified atom stereocenters. The maximum atomic E-state index is 16.8. The highest BCUT2D eigenvalue weighted by Crippen LogP contribution is 2.42. The number of aryl methyl sites for hydroxylation is 2. The second-order valence-electron chi connectivity index (χ2n) is 12.8. The molecule has 2 aliphatic rings. The molecule has 4 aromatic rings. The van der Waals surface area contributed by atoms with Crippen LogP contribution in [0.4, 0.5) is 15.0 Å². The van der Waals surface area contributed by atoms with Crippen molar-refractivity contribution in [3.8, 4) is 11.1 Å². The molecule has 43 heavy (non-hydrogen) atoms. The van der Waals surface area contributed by atoms with Gasteiger partial charge in [0.05, 0.1) is 17.1 Å². The van der Waals surface area contributed by atoms with Gasteiger partial charge < -0.3 is 14.7 Å². The fourth-order valence-corrected chi connectivity index (χ4v) is 6.87. The van der Waals surface area contributed by atoms with Crippen molar-refractivity contribution < 1.29 is 19.0 Å². The Labute approximate surface area is 256 Å². The van der Waals surface area contributed by atoms with Crippen molar-refractivity contribution in [2.45, 2.75) is 77.5 Å². The first kappa shape index (κ1) is 29.6. The molecule has 1 amide bonds. The molecular formula is C34H38ClFN4O3. The van der Waals surface area contributed by atoms with Gasteiger partial charge in [-0.3, -0.25) is 4.90 Å². The fourth-order valence-electron chi connectivity index (χ4n) is 6.58. The summed E-state index contributed by atoms with van der Waals surface area (Å²) in [6.07, 6.45) is 3.25. The lowest BCUT2D eigenvalue weighted by Gasteiger charge is -2.42. The number of hydrogen-bond acceptors (Lipinski definition) is 6. The molecule has 1 N–H and O–H groups in total. The molecule has 1 aromatic heterocycles. The van der Waals surface area contributed by atoms with Crippen LogP contribution in [0.5, 0.6) is 0 Å². The number of halogens is 2. The molecule has 3 heterocycles. The molecule has 2 atom stereocenters. The minimum Gasteiger partial charge on any atom is -0.444 e. The lowest BCUT2D eigenvalue weighted by Crippen LogP contribution is -2.57. The first-order valence-electron chi connectivity index (χ1n) is 15.1. The van der Waals surface area contributed by atoms with Crippen molar-refractivity contribution >= 4 is 45.2 Å². The molecule has 0 saturated carbocycles. The third kappa shape index (κ3) is 5.75. The summed E-state index contributed by atoms with van der Waals surface area (Å²) in [5.41, 5.74) is 1.72. The van der Waals surface area contributed by atoms with Gasteiger partial charge in [-0.25, -0.2) is 19.2 Å². The van der Waals surface area contributed by atoms with Gasteiger partial charge in [-0.1, -0.05) is 48.0 Å². The van der Waals surface area contributed by atoms with Gasteiger partial charge in [0.15, 0.2) is 5.82 Å². The lowest BCUT2D eigenvalue weighted by atomic mass is 9.94. The van der Waals surface area contributed by atoms with Crippen LogP contribution in [0.3, 0.4) is 0 Å². The van der Waals surface area contributed by atoms with Gasteiger partial charge in [0.25, 0.3) is 0 Å². The van der Waals surface area contributed by atoms with Crippen LogP contribution in [-0.4, -0.2) is 63.4 Å². The summed E-state index contributed by atoms with van der Waals surface area (Å²) in [5, 5.41) is 12.1. The number of fused-ring (bicyclic) bond motifs is 4. The average molecular weight is 605 g/mol. The van der Waals surface area contributed by atoms with E-state index in [9.17, 15) is 9.90 Å². The molecule has 2 fully saturated rings. The topological polar surface area (TPSA) is 78.8 Å². The van der Waals surface area contributed by atoms with E-state index < -0.39 is 11.4 Å². The molecule has 0 radical (unpaired) electrons. The monoisotopic (exact) mass is 604 g/mol. The van der Waals surface area contributed by atoms with Gasteiger partial charge in [0.2, 0.25) is 0 Å². The highest BCUT2D eigenvalue weighted by molar-refractivity contribution is 6.35. The summed E-state index contributed by atoms with van der Waals surface area (Å²) in [6.45, 7) is 8.81. The Kier molecular flexibility index (Phi) is 7.94. The zero-order valence-electron chi connectivity index (χ0n) is 25.2. The molecule has 2 aliphatic heterocycles. The average Bonchev–Trinajstić information content (AvgIpc) is 3.22. The highest BCUT2D eigenvalue weighted by atomic mass is 35.5. The summed E-state index contributed by atoms with van der Waals surface area (Å²) in [4.78, 5) is 26.8. The summed E-state index contributed by atoms with van der Waals surface area (Å²) in [5.74, 6) is 0.686. The first-order chi connectivity index (χ1) is 20.5. The van der Waals surface area contributed by atoms with Crippen LogP contribution in [0.1, 0.15) is 57.8 Å². The Balaban J connectivity index is 1.45. The molecule has 6 rings (SSSR count). The van der Waals surface area contributed by atoms with Crippen LogP contribution in [0.15, 0.2) is 42.5 Å². The zero-order valence-corrected chi connectivity index (χ0v) is 25.9. The number of amides is 1. The van der Waals surface area contributed by atoms with Crippen molar-refractivity contribution in [1.29, 1.82) is 0 Å². The number of aliphatic hydroxyl groups excluding tert-OH is 1. The Bertz CT molecular complexity index is 1690. The quantitative estimate of drug-likeness (QED) is 0.230. The molecule has 9 heteroatoms. The molecule has 3 aromatic carbocycles. The van der Waals surface area contributed by atoms with Crippen LogP contribution in [0, 0.1) is 12.7 Å². The molecule has 0 aliphatic carbocycles. The number of nitrogens with zero attached hydrogens (tertiary/aromatic N) is 4. The normalized spacial score (nSPS) is 18.6. The number of rotatable bonds is 6. The van der Waals surface area contributed by atoms with Crippen molar-refractivity contribution in [3.05, 3.63) is 64.7 Å². The molecule has 226 valence electrons. The maximum Gasteiger partial charge on any atom is 0.410 e. The minimum atomic E-state index is -0.575. The van der Waals surface area contributed by atoms with Gasteiger partial charge in [-0.15, -0.1) is 0 Å². The van der Waals surface area contributed by atoms with Gasteiger partial charge >= 0.3 is 6.09 Å². The highest BCUT2D eigenvalue weighted by Gasteiger charge is 2.45. The number of aliphatic hydroxyl groups is 1. The Hall–Kier alpha value is -3.49. The van der Waals surface area contributed by atoms with Crippen LogP contribution in [0.2, 0.25) is 5.02 Å². The van der Waals surface area contributed by atoms with Crippen LogP contribution < -0.4 is 4.90 Å². The number of carbonyl (C=O) groups is 1. The molecule has 2 bridgehead atoms. The van der Waals surface area contributed by atoms with E-state index in [0.29, 0.717) is 60.0 Å². The molecule has 7 nitrogen and oxygen atoms in total. The summed E-state index contributed by atoms with van der Waals surface area (Å²) in [7, 11) is 0. The van der Waals surface area contributed by atoms with E-state index >= 15 is 4.39 Å². The van der Waals surface area contributed by atoms with E-state index in [1.807, 2.05) is 62.9 Å². The van der Waals surface area contributed by atoms with Crippen LogP contribution in [-0.2, 0) is 11.2 Å². The molecular weight excluding hydrogens is 567 g/mol. The van der Waals surface area contributed by atoms with E-state index in [-0.39, 0.29) is 30.3 Å². The smallest absolute Gasteiger partial charge is 0.410 e. The first-order valence-corrected chi connectivity index (χ1v) is 15.5. The van der Waals surface area contributed by atoms with E-state index in [4.69, 9.17) is 26.3 Å². The second-order valence-corrected chi connectivity index (χ2v) is 13.2. The second kappa shape index (κ2) is 11.5. The maximum absolute atomic E-state index is 16.8. The van der Waals surface area contributed by atoms with E-state index in [0.717, 1.165) is 34.7 Å². The Morgan fingerprint density at radius 1 is 1.07 bits per heavy atom. The van der Waals surface area contributed by atoms with E-state index in [1.54, 1.807) is 6.07 Å². The zero-order chi connectivity index (χ0) is 30.5. The fraction of sp³-hybridized carbons (Fsp3) is 0.441. The number of benzene rings is 3. The predicted molar refractivity (Wildman–Crippen MR) is 169 cm³/mol. The number of carbonyl (C=O) groups excluding carboxylic acids is 1. The molecule has 0 spiro atoms. The lowest BCUT2D eigenvalue weighted by molar-refractivity contribution is 0.0123. The number of unbranched alkanes of at least 4 members (excludes halogenated alkanes) is 1. The van der Waals surface area contributed by atoms with Crippen LogP contribution in [0.25, 0.3) is 32.8 Å². The standard InChI is InChI=1S/C34H38ClFN4O3/c1-20-15-21-9-5-6-10-24(21)25(16-20)29-27(35)17-26-31(30(29)36)37-28(11-7-8-14-41)38-32(26)39-18-22-12-13-23(19-39)40(22)33(42)43-34(2,3)4/h5-6,9-10,15-17,22-23,41H,7-8,11-14,18-19H2,1-4H3. The van der Waals surface area contributed by atoms with E-state index in [2.05, 4.69) is 11.0 Å². The van der Waals surface area contributed by atoms with Gasteiger partial charge in [0, 0.05) is 37.1 Å². The Morgan fingerprint density at radius 3 is 2.49 bits per heavy atom. The number of hydrogen-bond donors (Lipinski definition) is 1. The van der Waals surface area contributed by atoms with Crippen molar-refractivity contribution in [2.24, 2.45) is 0 Å². The van der Waals surface area contributed by atoms with Crippen molar-refractivity contribution in [2.75, 3.05) is 24.6 Å². The Morgan fingerprint density at radius 2 is 1.79 bits per heavy atom. The summed E-state index contributed by atoms with van der Waals surface area (Å²) >= 11 is 6.93. The minimum absolute atomic E-state index is 0.0327. The van der Waals surface area contributed by atoms with E-state index in [1.165, 1.54) is 0 Å².